The number of hydrogen-bond acceptors (Lipinski definition) is 3. The first-order chi connectivity index (χ1) is 9.47. The van der Waals surface area contributed by atoms with Crippen molar-refractivity contribution in [3.8, 4) is 0 Å². The molecule has 20 heavy (non-hydrogen) atoms. The number of nitrogens with one attached hydrogen (secondary N) is 1. The molecular weight excluding hydrogens is 248 g/mol. The number of benzene rings is 1. The molecule has 2 saturated carbocycles. The normalized spacial score (nSPS) is 36.6. The fourth-order valence-electron chi connectivity index (χ4n) is 3.88. The predicted molar refractivity (Wildman–Crippen MR) is 80.9 cm³/mol. The van der Waals surface area contributed by atoms with Crippen molar-refractivity contribution in [2.45, 2.75) is 45.7 Å². The Kier molecular flexibility index (Phi) is 3.13. The van der Waals surface area contributed by atoms with Crippen LogP contribution in [0.3, 0.4) is 0 Å². The van der Waals surface area contributed by atoms with Crippen molar-refractivity contribution in [1.29, 1.82) is 0 Å². The Bertz CT molecular complexity index is 523. The van der Waals surface area contributed by atoms with Crippen molar-refractivity contribution in [3.05, 3.63) is 35.9 Å². The van der Waals surface area contributed by atoms with Crippen LogP contribution < -0.4 is 5.32 Å². The summed E-state index contributed by atoms with van der Waals surface area (Å²) in [6.45, 7) is 7.66. The van der Waals surface area contributed by atoms with Gasteiger partial charge in [0.1, 0.15) is 0 Å². The molecule has 2 N–H and O–H groups in total. The monoisotopic (exact) mass is 272 g/mol. The van der Waals surface area contributed by atoms with Gasteiger partial charge in [0.15, 0.2) is 0 Å². The van der Waals surface area contributed by atoms with E-state index < -0.39 is 0 Å². The zero-order valence-electron chi connectivity index (χ0n) is 12.6. The fraction of sp³-hybridized carbons (Fsp3) is 0.588. The summed E-state index contributed by atoms with van der Waals surface area (Å²) in [6, 6.07) is 10.4. The van der Waals surface area contributed by atoms with Gasteiger partial charge in [-0.1, -0.05) is 49.3 Å². The van der Waals surface area contributed by atoms with Crippen LogP contribution in [0, 0.1) is 17.3 Å². The predicted octanol–water partition coefficient (Wildman–Crippen LogP) is 3.43. The summed E-state index contributed by atoms with van der Waals surface area (Å²) in [5, 5.41) is 16.6. The maximum atomic E-state index is 9.38. The zero-order valence-corrected chi connectivity index (χ0v) is 12.6. The molecule has 3 rings (SSSR count). The van der Waals surface area contributed by atoms with Crippen LogP contribution in [0.25, 0.3) is 0 Å². The van der Waals surface area contributed by atoms with Gasteiger partial charge in [0, 0.05) is 6.54 Å². The molecule has 3 atom stereocenters. The minimum atomic E-state index is -0.181. The van der Waals surface area contributed by atoms with E-state index in [4.69, 9.17) is 0 Å². The van der Waals surface area contributed by atoms with Crippen molar-refractivity contribution in [2.75, 3.05) is 0 Å². The molecule has 0 bridgehead atoms. The van der Waals surface area contributed by atoms with E-state index in [2.05, 4.69) is 55.5 Å². The lowest BCUT2D eigenvalue weighted by atomic mass is 9.81. The molecule has 3 heteroatoms. The topological polar surface area (TPSA) is 44.6 Å². The second kappa shape index (κ2) is 4.59. The standard InChI is InChI=1S/C17H24N2O/c1-16(2)13-9-15(19-20)17(3,10-14(13)16)18-11-12-7-5-4-6-8-12/h4-8,13-14,18,20H,9-11H2,1-3H3/b19-15+/t13-,14-,17+/m1/s1. The maximum absolute atomic E-state index is 9.38. The molecular formula is C17H24N2O. The lowest BCUT2D eigenvalue weighted by Crippen LogP contribution is -2.51. The van der Waals surface area contributed by atoms with Crippen LogP contribution in [-0.4, -0.2) is 16.5 Å². The molecule has 2 aliphatic carbocycles. The molecule has 0 amide bonds. The molecule has 2 fully saturated rings. The number of fused-ring (bicyclic) bond motifs is 1. The number of nitrogens with zero attached hydrogens (tertiary/aromatic N) is 1. The third-order valence-electron chi connectivity index (χ3n) is 5.61. The number of hydrogen-bond donors (Lipinski definition) is 2. The van der Waals surface area contributed by atoms with Crippen LogP contribution in [-0.2, 0) is 6.54 Å². The SMILES string of the molecule is CC1(C)[C@@H]2C/C(=N\O)[C@@](C)(NCc3ccccc3)C[C@H]21. The van der Waals surface area contributed by atoms with Gasteiger partial charge in [0.25, 0.3) is 0 Å². The van der Waals surface area contributed by atoms with E-state index >= 15 is 0 Å². The summed E-state index contributed by atoms with van der Waals surface area (Å²) >= 11 is 0. The summed E-state index contributed by atoms with van der Waals surface area (Å²) in [6.07, 6.45) is 1.99. The Morgan fingerprint density at radius 2 is 1.90 bits per heavy atom. The molecule has 1 aromatic rings. The van der Waals surface area contributed by atoms with Gasteiger partial charge in [0.05, 0.1) is 11.3 Å². The van der Waals surface area contributed by atoms with Crippen molar-refractivity contribution in [1.82, 2.24) is 5.32 Å². The Morgan fingerprint density at radius 3 is 2.55 bits per heavy atom. The van der Waals surface area contributed by atoms with E-state index in [0.717, 1.165) is 31.0 Å². The summed E-state index contributed by atoms with van der Waals surface area (Å²) in [4.78, 5) is 0. The van der Waals surface area contributed by atoms with Crippen molar-refractivity contribution in [3.63, 3.8) is 0 Å². The molecule has 2 aliphatic rings. The highest BCUT2D eigenvalue weighted by Gasteiger charge is 2.63. The Labute approximate surface area is 121 Å². The van der Waals surface area contributed by atoms with Gasteiger partial charge >= 0.3 is 0 Å². The van der Waals surface area contributed by atoms with Gasteiger partial charge in [0.2, 0.25) is 0 Å². The minimum absolute atomic E-state index is 0.181. The summed E-state index contributed by atoms with van der Waals surface area (Å²) in [5.41, 5.74) is 2.41. The van der Waals surface area contributed by atoms with Crippen LogP contribution in [0.4, 0.5) is 0 Å². The van der Waals surface area contributed by atoms with Gasteiger partial charge in [-0.3, -0.25) is 0 Å². The zero-order chi connectivity index (χ0) is 14.4. The quantitative estimate of drug-likeness (QED) is 0.654. The molecule has 0 heterocycles. The third kappa shape index (κ3) is 2.14. The molecule has 0 saturated heterocycles. The Hall–Kier alpha value is -1.35. The largest absolute Gasteiger partial charge is 0.411 e. The Morgan fingerprint density at radius 1 is 1.20 bits per heavy atom. The average molecular weight is 272 g/mol. The number of oxime groups is 1. The maximum Gasteiger partial charge on any atom is 0.0771 e. The van der Waals surface area contributed by atoms with Crippen LogP contribution in [0.15, 0.2) is 35.5 Å². The van der Waals surface area contributed by atoms with Crippen LogP contribution >= 0.6 is 0 Å². The highest BCUT2D eigenvalue weighted by Crippen LogP contribution is 2.65. The molecule has 0 aromatic heterocycles. The fourth-order valence-corrected chi connectivity index (χ4v) is 3.88. The molecule has 0 radical (unpaired) electrons. The molecule has 0 spiro atoms. The second-order valence-corrected chi connectivity index (χ2v) is 7.16. The molecule has 1 aromatic carbocycles. The molecule has 108 valence electrons. The van der Waals surface area contributed by atoms with Gasteiger partial charge in [-0.25, -0.2) is 0 Å². The van der Waals surface area contributed by atoms with E-state index in [0.29, 0.717) is 11.3 Å². The average Bonchev–Trinajstić information content (AvgIpc) is 2.97. The third-order valence-corrected chi connectivity index (χ3v) is 5.61. The summed E-state index contributed by atoms with van der Waals surface area (Å²) in [7, 11) is 0. The van der Waals surface area contributed by atoms with Crippen LogP contribution in [0.5, 0.6) is 0 Å². The van der Waals surface area contributed by atoms with Gasteiger partial charge in [-0.05, 0) is 42.6 Å². The molecule has 3 nitrogen and oxygen atoms in total. The highest BCUT2D eigenvalue weighted by molar-refractivity contribution is 5.94. The lowest BCUT2D eigenvalue weighted by molar-refractivity contribution is 0.293. The molecule has 0 unspecified atom stereocenters. The highest BCUT2D eigenvalue weighted by atomic mass is 16.4. The van der Waals surface area contributed by atoms with E-state index in [9.17, 15) is 5.21 Å². The molecule has 0 aliphatic heterocycles. The van der Waals surface area contributed by atoms with E-state index in [1.165, 1.54) is 5.56 Å². The minimum Gasteiger partial charge on any atom is -0.411 e. The van der Waals surface area contributed by atoms with Gasteiger partial charge in [-0.15, -0.1) is 0 Å². The first-order valence-electron chi connectivity index (χ1n) is 7.48. The van der Waals surface area contributed by atoms with Crippen LogP contribution in [0.2, 0.25) is 0 Å². The van der Waals surface area contributed by atoms with Gasteiger partial charge < -0.3 is 10.5 Å². The van der Waals surface area contributed by atoms with Gasteiger partial charge in [-0.2, -0.15) is 0 Å². The summed E-state index contributed by atoms with van der Waals surface area (Å²) < 4.78 is 0. The van der Waals surface area contributed by atoms with Crippen molar-refractivity contribution >= 4 is 5.71 Å². The van der Waals surface area contributed by atoms with E-state index in [1.807, 2.05) is 6.07 Å². The Balaban J connectivity index is 1.73. The lowest BCUT2D eigenvalue weighted by Gasteiger charge is -2.35. The second-order valence-electron chi connectivity index (χ2n) is 7.16. The van der Waals surface area contributed by atoms with Crippen molar-refractivity contribution < 1.29 is 5.21 Å². The van der Waals surface area contributed by atoms with Crippen molar-refractivity contribution in [2.24, 2.45) is 22.4 Å². The van der Waals surface area contributed by atoms with E-state index in [1.54, 1.807) is 0 Å². The van der Waals surface area contributed by atoms with Crippen LogP contribution in [0.1, 0.15) is 39.2 Å². The smallest absolute Gasteiger partial charge is 0.0771 e. The summed E-state index contributed by atoms with van der Waals surface area (Å²) in [5.74, 6) is 1.45. The first-order valence-corrected chi connectivity index (χ1v) is 7.48. The van der Waals surface area contributed by atoms with E-state index in [-0.39, 0.29) is 5.54 Å². The number of rotatable bonds is 3. The first kappa shape index (κ1) is 13.6.